The number of ether oxygens (including phenoxy) is 4. The summed E-state index contributed by atoms with van der Waals surface area (Å²) in [5, 5.41) is 6.26. The first kappa shape index (κ1) is 26.9. The third-order valence-electron chi connectivity index (χ3n) is 3.15. The van der Waals surface area contributed by atoms with Crippen LogP contribution in [0.1, 0.15) is 19.8 Å². The van der Waals surface area contributed by atoms with Crippen molar-refractivity contribution in [3.05, 3.63) is 0 Å². The minimum Gasteiger partial charge on any atom is -0.379 e. The largest absolute Gasteiger partial charge is 0.469 e. The van der Waals surface area contributed by atoms with Gasteiger partial charge in [-0.3, -0.25) is 4.52 Å². The van der Waals surface area contributed by atoms with Gasteiger partial charge in [-0.25, -0.2) is 4.57 Å². The summed E-state index contributed by atoms with van der Waals surface area (Å²) in [5.41, 5.74) is 0. The van der Waals surface area contributed by atoms with Crippen molar-refractivity contribution in [2.24, 2.45) is 0 Å². The Hall–Kier alpha value is -0.130. The highest BCUT2D eigenvalue weighted by atomic mass is 31.2. The molecule has 0 bridgehead atoms. The van der Waals surface area contributed by atoms with E-state index in [2.05, 4.69) is 22.1 Å². The fraction of sp³-hybridized carbons (Fsp3) is 1.00. The quantitative estimate of drug-likeness (QED) is 0.143. The number of nitrogens with one attached hydrogen (secondary N) is 2. The first-order valence-electron chi connectivity index (χ1n) is 9.48. The molecule has 4 N–H and O–H groups in total. The van der Waals surface area contributed by atoms with Crippen LogP contribution < -0.4 is 10.6 Å². The Morgan fingerprint density at radius 2 is 1.15 bits per heavy atom. The maximum Gasteiger partial charge on any atom is 0.469 e. The van der Waals surface area contributed by atoms with Crippen LogP contribution in [0.5, 0.6) is 0 Å². The smallest absolute Gasteiger partial charge is 0.379 e. The molecule has 164 valence electrons. The predicted molar refractivity (Wildman–Crippen MR) is 102 cm³/mol. The maximum atomic E-state index is 10.4. The molecule has 0 aromatic carbocycles. The highest BCUT2D eigenvalue weighted by molar-refractivity contribution is 7.46. The fourth-order valence-corrected chi connectivity index (χ4v) is 2.20. The zero-order valence-corrected chi connectivity index (χ0v) is 17.3. The third-order valence-corrected chi connectivity index (χ3v) is 3.67. The van der Waals surface area contributed by atoms with Crippen LogP contribution in [0.4, 0.5) is 0 Å². The molecule has 0 saturated carbocycles. The van der Waals surface area contributed by atoms with Crippen LogP contribution in [0.2, 0.25) is 0 Å². The summed E-state index contributed by atoms with van der Waals surface area (Å²) in [6.07, 6.45) is 1.93. The lowest BCUT2D eigenvalue weighted by molar-refractivity contribution is -0.00161. The molecule has 0 atom stereocenters. The maximum absolute atomic E-state index is 10.4. The lowest BCUT2D eigenvalue weighted by Crippen LogP contribution is -2.22. The first-order valence-corrected chi connectivity index (χ1v) is 11.0. The topological polar surface area (TPSA) is 128 Å². The zero-order valence-electron chi connectivity index (χ0n) is 16.4. The molecule has 0 amide bonds. The van der Waals surface area contributed by atoms with E-state index in [0.29, 0.717) is 65.9 Å². The van der Waals surface area contributed by atoms with Crippen molar-refractivity contribution < 1.29 is 37.8 Å². The van der Waals surface area contributed by atoms with Crippen molar-refractivity contribution in [3.8, 4) is 0 Å². The van der Waals surface area contributed by atoms with Crippen LogP contribution >= 0.6 is 7.82 Å². The Kier molecular flexibility index (Phi) is 20.5. The van der Waals surface area contributed by atoms with Gasteiger partial charge >= 0.3 is 7.82 Å². The summed E-state index contributed by atoms with van der Waals surface area (Å²) >= 11 is 0. The van der Waals surface area contributed by atoms with E-state index in [1.54, 1.807) is 0 Å². The lowest BCUT2D eigenvalue weighted by Gasteiger charge is -2.08. The summed E-state index contributed by atoms with van der Waals surface area (Å²) in [4.78, 5) is 17.0. The van der Waals surface area contributed by atoms with E-state index in [-0.39, 0.29) is 6.61 Å². The lowest BCUT2D eigenvalue weighted by atomic mass is 10.4. The van der Waals surface area contributed by atoms with Crippen molar-refractivity contribution in [1.82, 2.24) is 10.6 Å². The second-order valence-corrected chi connectivity index (χ2v) is 6.87. The fourth-order valence-electron chi connectivity index (χ4n) is 1.87. The van der Waals surface area contributed by atoms with Gasteiger partial charge in [0, 0.05) is 19.7 Å². The van der Waals surface area contributed by atoms with Crippen LogP contribution in [-0.2, 0) is 28.0 Å². The number of hydrogen-bond acceptors (Lipinski definition) is 8. The minimum absolute atomic E-state index is 0.0245. The van der Waals surface area contributed by atoms with Gasteiger partial charge in [0.25, 0.3) is 0 Å². The molecular weight excluding hydrogens is 379 g/mol. The predicted octanol–water partition coefficient (Wildman–Crippen LogP) is 0.141. The molecule has 11 heteroatoms. The normalized spacial score (nSPS) is 12.0. The highest BCUT2D eigenvalue weighted by Gasteiger charge is 2.12. The van der Waals surface area contributed by atoms with Gasteiger partial charge < -0.3 is 39.4 Å². The van der Waals surface area contributed by atoms with E-state index in [9.17, 15) is 4.57 Å². The number of phosphoric acid groups is 1. The Labute approximate surface area is 162 Å². The molecule has 0 aromatic rings. The van der Waals surface area contributed by atoms with E-state index in [1.165, 1.54) is 0 Å². The molecule has 0 saturated heterocycles. The summed E-state index contributed by atoms with van der Waals surface area (Å²) < 4.78 is 36.3. The molecule has 0 rings (SSSR count). The van der Waals surface area contributed by atoms with Crippen LogP contribution in [0.25, 0.3) is 0 Å². The van der Waals surface area contributed by atoms with Crippen LogP contribution in [0.15, 0.2) is 0 Å². The zero-order chi connectivity index (χ0) is 20.1. The standard InChI is InChI=1S/C16H37N2O8P/c1-2-4-17-6-9-23-12-14-25-16-15-24-13-11-22-8-3-5-18-7-10-26-27(19,20)21/h17-18H,2-16H2,1H3,(H2,19,20,21). The van der Waals surface area contributed by atoms with E-state index < -0.39 is 7.82 Å². The SMILES string of the molecule is CCCNCCOCCOCCOCCOCCCNCCOP(=O)(O)O. The van der Waals surface area contributed by atoms with Gasteiger partial charge in [-0.2, -0.15) is 0 Å². The summed E-state index contributed by atoms with van der Waals surface area (Å²) in [6.45, 7) is 9.65. The van der Waals surface area contributed by atoms with E-state index in [4.69, 9.17) is 28.7 Å². The molecule has 27 heavy (non-hydrogen) atoms. The van der Waals surface area contributed by atoms with Gasteiger partial charge in [0.1, 0.15) is 0 Å². The van der Waals surface area contributed by atoms with E-state index in [1.807, 2.05) is 0 Å². The molecule has 0 aliphatic heterocycles. The van der Waals surface area contributed by atoms with Gasteiger partial charge in [0.2, 0.25) is 0 Å². The second-order valence-electron chi connectivity index (χ2n) is 5.63. The van der Waals surface area contributed by atoms with Crippen molar-refractivity contribution >= 4 is 7.82 Å². The molecule has 0 unspecified atom stereocenters. The second kappa shape index (κ2) is 20.6. The molecular formula is C16H37N2O8P. The minimum atomic E-state index is -4.36. The third kappa shape index (κ3) is 25.9. The average Bonchev–Trinajstić information content (AvgIpc) is 2.62. The van der Waals surface area contributed by atoms with Gasteiger partial charge in [0.15, 0.2) is 0 Å². The van der Waals surface area contributed by atoms with Crippen molar-refractivity contribution in [2.45, 2.75) is 19.8 Å². The summed E-state index contributed by atoms with van der Waals surface area (Å²) in [5.74, 6) is 0. The Bertz CT molecular complexity index is 346. The number of rotatable bonds is 22. The van der Waals surface area contributed by atoms with Crippen LogP contribution in [0.3, 0.4) is 0 Å². The van der Waals surface area contributed by atoms with E-state index >= 15 is 0 Å². The van der Waals surface area contributed by atoms with Crippen LogP contribution in [-0.4, -0.2) is 95.4 Å². The van der Waals surface area contributed by atoms with Gasteiger partial charge in [-0.1, -0.05) is 6.92 Å². The first-order chi connectivity index (χ1) is 13.1. The molecule has 0 heterocycles. The van der Waals surface area contributed by atoms with Crippen molar-refractivity contribution in [3.63, 3.8) is 0 Å². The molecule has 10 nitrogen and oxygen atoms in total. The Morgan fingerprint density at radius 1 is 0.667 bits per heavy atom. The average molecular weight is 416 g/mol. The van der Waals surface area contributed by atoms with Gasteiger partial charge in [-0.05, 0) is 25.9 Å². The Morgan fingerprint density at radius 3 is 1.70 bits per heavy atom. The molecule has 0 spiro atoms. The highest BCUT2D eigenvalue weighted by Crippen LogP contribution is 2.34. The monoisotopic (exact) mass is 416 g/mol. The number of phosphoric ester groups is 1. The Balaban J connectivity index is 3.02. The molecule has 0 aliphatic carbocycles. The summed E-state index contributed by atoms with van der Waals surface area (Å²) in [6, 6.07) is 0. The number of hydrogen-bond donors (Lipinski definition) is 4. The van der Waals surface area contributed by atoms with Gasteiger partial charge in [0.05, 0.1) is 52.9 Å². The van der Waals surface area contributed by atoms with Crippen molar-refractivity contribution in [1.29, 1.82) is 0 Å². The molecule has 0 aliphatic rings. The molecule has 0 radical (unpaired) electrons. The molecule has 0 aromatic heterocycles. The van der Waals surface area contributed by atoms with Crippen molar-refractivity contribution in [2.75, 3.05) is 85.6 Å². The molecule has 0 fully saturated rings. The van der Waals surface area contributed by atoms with E-state index in [0.717, 1.165) is 25.9 Å². The van der Waals surface area contributed by atoms with Gasteiger partial charge in [-0.15, -0.1) is 0 Å². The summed E-state index contributed by atoms with van der Waals surface area (Å²) in [7, 11) is -4.36. The van der Waals surface area contributed by atoms with Crippen LogP contribution in [0, 0.1) is 0 Å².